The number of fused-ring (bicyclic) bond motifs is 1. The minimum Gasteiger partial charge on any atom is -0.377 e. The second-order valence-electron chi connectivity index (χ2n) is 9.59. The van der Waals surface area contributed by atoms with Gasteiger partial charge in [-0.1, -0.05) is 37.3 Å². The Hall–Kier alpha value is -3.97. The summed E-state index contributed by atoms with van der Waals surface area (Å²) in [6, 6.07) is 17.0. The highest BCUT2D eigenvalue weighted by Crippen LogP contribution is 2.37. The molecule has 4 heterocycles. The Labute approximate surface area is 208 Å². The summed E-state index contributed by atoms with van der Waals surface area (Å²) in [6.45, 7) is 5.45. The summed E-state index contributed by atoms with van der Waals surface area (Å²) in [4.78, 5) is 13.7. The van der Waals surface area contributed by atoms with Crippen molar-refractivity contribution in [3.63, 3.8) is 0 Å². The summed E-state index contributed by atoms with van der Waals surface area (Å²) >= 11 is 0. The summed E-state index contributed by atoms with van der Waals surface area (Å²) in [5, 5.41) is 5.48. The van der Waals surface area contributed by atoms with Gasteiger partial charge in [0.1, 0.15) is 11.3 Å². The monoisotopic (exact) mass is 482 g/mol. The van der Waals surface area contributed by atoms with Gasteiger partial charge in [0.2, 0.25) is 0 Å². The minimum absolute atomic E-state index is 0.0460. The summed E-state index contributed by atoms with van der Waals surface area (Å²) in [5.41, 5.74) is 6.39. The zero-order valence-electron chi connectivity index (χ0n) is 20.5. The van der Waals surface area contributed by atoms with E-state index in [2.05, 4.69) is 35.6 Å². The van der Waals surface area contributed by atoms with E-state index in [1.54, 1.807) is 23.7 Å². The van der Waals surface area contributed by atoms with Crippen LogP contribution in [-0.2, 0) is 11.8 Å². The van der Waals surface area contributed by atoms with Gasteiger partial charge < -0.3 is 13.9 Å². The maximum absolute atomic E-state index is 13.7. The maximum Gasteiger partial charge on any atom is 0.275 e. The zero-order chi connectivity index (χ0) is 25.0. The summed E-state index contributed by atoms with van der Waals surface area (Å²) in [6.07, 6.45) is 5.79. The van der Waals surface area contributed by atoms with E-state index in [1.807, 2.05) is 41.5 Å². The molecule has 36 heavy (non-hydrogen) atoms. The van der Waals surface area contributed by atoms with Crippen LogP contribution in [0.1, 0.15) is 35.6 Å². The molecule has 0 spiro atoms. The highest BCUT2D eigenvalue weighted by atomic mass is 19.1. The lowest BCUT2D eigenvalue weighted by atomic mass is 9.92. The van der Waals surface area contributed by atoms with Crippen molar-refractivity contribution in [3.8, 4) is 16.9 Å². The van der Waals surface area contributed by atoms with E-state index in [0.717, 1.165) is 39.0 Å². The quantitative estimate of drug-likeness (QED) is 0.339. The van der Waals surface area contributed by atoms with Gasteiger partial charge in [0.05, 0.1) is 31.1 Å². The minimum atomic E-state index is -0.265. The second-order valence-corrected chi connectivity index (χ2v) is 9.59. The molecule has 182 valence electrons. The molecule has 0 radical (unpaired) electrons. The molecule has 1 aliphatic rings. The van der Waals surface area contributed by atoms with Crippen molar-refractivity contribution in [1.82, 2.24) is 18.9 Å². The summed E-state index contributed by atoms with van der Waals surface area (Å²) < 4.78 is 24.6. The highest BCUT2D eigenvalue weighted by molar-refractivity contribution is 5.91. The molecule has 7 heteroatoms. The van der Waals surface area contributed by atoms with Gasteiger partial charge in [-0.3, -0.25) is 9.48 Å². The average Bonchev–Trinajstić information content (AvgIpc) is 3.46. The fraction of sp³-hybridized carbons (Fsp3) is 0.241. The van der Waals surface area contributed by atoms with Gasteiger partial charge in [-0.25, -0.2) is 4.39 Å². The number of benzene rings is 2. The number of hydrogen-bond donors (Lipinski definition) is 0. The number of ether oxygens (including phenoxy) is 1. The molecular weight excluding hydrogens is 455 g/mol. The number of halogens is 1. The number of aromatic nitrogens is 4. The van der Waals surface area contributed by atoms with Crippen LogP contribution < -0.4 is 5.56 Å². The van der Waals surface area contributed by atoms with Crippen LogP contribution in [0.2, 0.25) is 0 Å². The maximum atomic E-state index is 13.7. The molecule has 0 N–H and O–H groups in total. The Balaban J connectivity index is 1.64. The van der Waals surface area contributed by atoms with Gasteiger partial charge in [0, 0.05) is 42.0 Å². The van der Waals surface area contributed by atoms with Crippen molar-refractivity contribution in [2.75, 3.05) is 13.2 Å². The molecule has 0 aliphatic carbocycles. The Morgan fingerprint density at radius 1 is 1.08 bits per heavy atom. The topological polar surface area (TPSA) is 54.0 Å². The molecule has 0 bridgehead atoms. The first-order valence-electron chi connectivity index (χ1n) is 12.1. The molecular formula is C29H27FN4O2. The molecule has 6 nitrogen and oxygen atoms in total. The number of aryl methyl sites for hydroxylation is 2. The smallest absolute Gasteiger partial charge is 0.275 e. The first-order valence-corrected chi connectivity index (χ1v) is 12.1. The third-order valence-electron chi connectivity index (χ3n) is 7.25. The van der Waals surface area contributed by atoms with Crippen LogP contribution in [0.3, 0.4) is 0 Å². The van der Waals surface area contributed by atoms with Crippen molar-refractivity contribution < 1.29 is 9.13 Å². The normalized spacial score (nSPS) is 14.8. The van der Waals surface area contributed by atoms with E-state index >= 15 is 0 Å². The highest BCUT2D eigenvalue weighted by Gasteiger charge is 2.25. The lowest BCUT2D eigenvalue weighted by molar-refractivity contribution is -0.0286. The van der Waals surface area contributed by atoms with E-state index in [1.165, 1.54) is 12.1 Å². The largest absolute Gasteiger partial charge is 0.377 e. The van der Waals surface area contributed by atoms with E-state index < -0.39 is 0 Å². The third kappa shape index (κ3) is 3.58. The van der Waals surface area contributed by atoms with Crippen LogP contribution in [-0.4, -0.2) is 32.1 Å². The molecule has 1 saturated heterocycles. The van der Waals surface area contributed by atoms with Crippen LogP contribution >= 0.6 is 0 Å². The molecule has 1 aliphatic heterocycles. The Morgan fingerprint density at radius 2 is 1.83 bits per heavy atom. The van der Waals surface area contributed by atoms with E-state index in [9.17, 15) is 9.18 Å². The van der Waals surface area contributed by atoms with Gasteiger partial charge in [0.25, 0.3) is 5.56 Å². The van der Waals surface area contributed by atoms with Crippen LogP contribution in [0.5, 0.6) is 0 Å². The zero-order valence-corrected chi connectivity index (χ0v) is 20.5. The first kappa shape index (κ1) is 22.5. The summed E-state index contributed by atoms with van der Waals surface area (Å²) in [5.74, 6) is -0.311. The van der Waals surface area contributed by atoms with Crippen molar-refractivity contribution >= 4 is 10.9 Å². The number of rotatable bonds is 5. The lowest BCUT2D eigenvalue weighted by Gasteiger charge is -2.25. The lowest BCUT2D eigenvalue weighted by Crippen LogP contribution is -2.30. The number of pyridine rings is 1. The molecule has 5 aromatic rings. The second kappa shape index (κ2) is 8.60. The number of para-hydroxylation sites is 1. The van der Waals surface area contributed by atoms with E-state index in [4.69, 9.17) is 4.74 Å². The third-order valence-corrected chi connectivity index (χ3v) is 7.25. The predicted octanol–water partition coefficient (Wildman–Crippen LogP) is 5.36. The van der Waals surface area contributed by atoms with Crippen molar-refractivity contribution in [3.05, 3.63) is 106 Å². The van der Waals surface area contributed by atoms with Crippen LogP contribution in [0.25, 0.3) is 27.8 Å². The average molecular weight is 483 g/mol. The van der Waals surface area contributed by atoms with Crippen molar-refractivity contribution in [2.24, 2.45) is 7.05 Å². The molecule has 1 unspecified atom stereocenters. The molecule has 1 atom stereocenters. The predicted molar refractivity (Wildman–Crippen MR) is 138 cm³/mol. The van der Waals surface area contributed by atoms with Crippen LogP contribution in [0.15, 0.2) is 78.0 Å². The van der Waals surface area contributed by atoms with Crippen LogP contribution in [0.4, 0.5) is 4.39 Å². The fourth-order valence-electron chi connectivity index (χ4n) is 5.04. The van der Waals surface area contributed by atoms with Gasteiger partial charge in [-0.05, 0) is 47.9 Å². The summed E-state index contributed by atoms with van der Waals surface area (Å²) in [7, 11) is 1.78. The SMILES string of the molecule is Cc1ccccc1-n1c(-c2cnn(C3COC3)c2)cc2c(C(C)c3ccc(F)cc3)cn(C)c(=O)c21. The van der Waals surface area contributed by atoms with Gasteiger partial charge in [-0.15, -0.1) is 0 Å². The standard InChI is InChI=1S/C29H27FN4O2/c1-18-6-4-5-7-26(18)34-27(21-13-31-33(14-21)23-16-36-17-23)12-24-25(15-32(3)29(35)28(24)34)19(2)20-8-10-22(30)11-9-20/h4-15,19,23H,16-17H2,1-3H3. The van der Waals surface area contributed by atoms with E-state index in [0.29, 0.717) is 18.7 Å². The molecule has 0 saturated carbocycles. The van der Waals surface area contributed by atoms with E-state index in [-0.39, 0.29) is 23.3 Å². The molecule has 1 fully saturated rings. The Bertz CT molecular complexity index is 1640. The Morgan fingerprint density at radius 3 is 2.53 bits per heavy atom. The van der Waals surface area contributed by atoms with Gasteiger partial charge >= 0.3 is 0 Å². The van der Waals surface area contributed by atoms with Gasteiger partial charge in [-0.2, -0.15) is 5.10 Å². The van der Waals surface area contributed by atoms with Crippen LogP contribution in [0, 0.1) is 12.7 Å². The number of nitrogens with zero attached hydrogens (tertiary/aromatic N) is 4. The molecule has 6 rings (SSSR count). The van der Waals surface area contributed by atoms with Crippen molar-refractivity contribution in [1.29, 1.82) is 0 Å². The molecule has 2 aromatic carbocycles. The van der Waals surface area contributed by atoms with Crippen molar-refractivity contribution in [2.45, 2.75) is 25.8 Å². The molecule has 3 aromatic heterocycles. The fourth-order valence-corrected chi connectivity index (χ4v) is 5.04. The molecule has 0 amide bonds. The Kier molecular flexibility index (Phi) is 5.38. The first-order chi connectivity index (χ1) is 17.4. The van der Waals surface area contributed by atoms with Gasteiger partial charge in [0.15, 0.2) is 0 Å². The number of hydrogen-bond acceptors (Lipinski definition) is 3.